The SMILES string of the molecule is Cc1nn(C(C)(C)C)c2nc(C(C)C)cc(C(=O)Nc3ccc4c(c3)OCC(=O)N4)c12. The first-order chi connectivity index (χ1) is 14.5. The summed E-state index contributed by atoms with van der Waals surface area (Å²) in [5.41, 5.74) is 3.73. The average molecular weight is 422 g/mol. The van der Waals surface area contributed by atoms with Crippen molar-refractivity contribution in [3.8, 4) is 5.75 Å². The summed E-state index contributed by atoms with van der Waals surface area (Å²) in [6.07, 6.45) is 0. The molecule has 8 nitrogen and oxygen atoms in total. The van der Waals surface area contributed by atoms with Crippen LogP contribution in [0.15, 0.2) is 24.3 Å². The lowest BCUT2D eigenvalue weighted by Gasteiger charge is -2.20. The summed E-state index contributed by atoms with van der Waals surface area (Å²) < 4.78 is 7.34. The summed E-state index contributed by atoms with van der Waals surface area (Å²) in [7, 11) is 0. The molecule has 162 valence electrons. The molecule has 0 saturated heterocycles. The number of fused-ring (bicyclic) bond motifs is 2. The maximum Gasteiger partial charge on any atom is 0.262 e. The number of anilines is 2. The second-order valence-electron chi connectivity index (χ2n) is 9.12. The Morgan fingerprint density at radius 2 is 2.00 bits per heavy atom. The molecular formula is C23H27N5O3. The molecule has 1 aromatic carbocycles. The number of nitrogens with one attached hydrogen (secondary N) is 2. The fraction of sp³-hybridized carbons (Fsp3) is 0.391. The largest absolute Gasteiger partial charge is 0.482 e. The molecule has 0 bridgehead atoms. The van der Waals surface area contributed by atoms with E-state index in [1.54, 1.807) is 18.2 Å². The Balaban J connectivity index is 1.77. The minimum Gasteiger partial charge on any atom is -0.482 e. The normalized spacial score (nSPS) is 13.7. The van der Waals surface area contributed by atoms with Crippen LogP contribution in [-0.2, 0) is 10.3 Å². The zero-order valence-corrected chi connectivity index (χ0v) is 18.7. The van der Waals surface area contributed by atoms with Gasteiger partial charge in [0, 0.05) is 17.4 Å². The Morgan fingerprint density at radius 3 is 2.68 bits per heavy atom. The van der Waals surface area contributed by atoms with Crippen LogP contribution in [0, 0.1) is 6.92 Å². The number of ether oxygens (including phenoxy) is 1. The van der Waals surface area contributed by atoms with E-state index in [2.05, 4.69) is 45.3 Å². The maximum atomic E-state index is 13.3. The lowest BCUT2D eigenvalue weighted by atomic mass is 10.0. The second kappa shape index (κ2) is 7.37. The van der Waals surface area contributed by atoms with Gasteiger partial charge in [0.25, 0.3) is 11.8 Å². The third-order valence-electron chi connectivity index (χ3n) is 5.18. The van der Waals surface area contributed by atoms with Gasteiger partial charge < -0.3 is 15.4 Å². The van der Waals surface area contributed by atoms with Crippen molar-refractivity contribution in [3.63, 3.8) is 0 Å². The summed E-state index contributed by atoms with van der Waals surface area (Å²) >= 11 is 0. The van der Waals surface area contributed by atoms with Crippen molar-refractivity contribution < 1.29 is 14.3 Å². The van der Waals surface area contributed by atoms with Crippen molar-refractivity contribution in [2.24, 2.45) is 0 Å². The first-order valence-electron chi connectivity index (χ1n) is 10.3. The first-order valence-corrected chi connectivity index (χ1v) is 10.3. The van der Waals surface area contributed by atoms with Crippen LogP contribution in [0.3, 0.4) is 0 Å². The minimum atomic E-state index is -0.275. The molecule has 0 fully saturated rings. The number of amides is 2. The fourth-order valence-electron chi connectivity index (χ4n) is 3.60. The maximum absolute atomic E-state index is 13.3. The van der Waals surface area contributed by atoms with Gasteiger partial charge >= 0.3 is 0 Å². The van der Waals surface area contributed by atoms with E-state index < -0.39 is 0 Å². The van der Waals surface area contributed by atoms with Crippen LogP contribution in [0.4, 0.5) is 11.4 Å². The van der Waals surface area contributed by atoms with Gasteiger partial charge in [-0.15, -0.1) is 0 Å². The van der Waals surface area contributed by atoms with E-state index in [0.29, 0.717) is 28.3 Å². The van der Waals surface area contributed by atoms with Crippen molar-refractivity contribution in [1.82, 2.24) is 14.8 Å². The van der Waals surface area contributed by atoms with Gasteiger partial charge in [0.1, 0.15) is 5.75 Å². The molecule has 0 spiro atoms. The molecule has 2 N–H and O–H groups in total. The number of aryl methyl sites for hydroxylation is 1. The van der Waals surface area contributed by atoms with Crippen LogP contribution >= 0.6 is 0 Å². The molecule has 8 heteroatoms. The number of hydrogen-bond acceptors (Lipinski definition) is 5. The van der Waals surface area contributed by atoms with E-state index in [1.807, 2.05) is 17.7 Å². The average Bonchev–Trinajstić information content (AvgIpc) is 3.04. The Hall–Kier alpha value is -3.42. The monoisotopic (exact) mass is 421 g/mol. The molecule has 0 aliphatic carbocycles. The molecule has 0 radical (unpaired) electrons. The van der Waals surface area contributed by atoms with Gasteiger partial charge in [-0.25, -0.2) is 9.67 Å². The molecule has 2 aromatic heterocycles. The van der Waals surface area contributed by atoms with Gasteiger partial charge in [0.05, 0.1) is 27.9 Å². The smallest absolute Gasteiger partial charge is 0.262 e. The highest BCUT2D eigenvalue weighted by atomic mass is 16.5. The van der Waals surface area contributed by atoms with Crippen molar-refractivity contribution in [3.05, 3.63) is 41.2 Å². The van der Waals surface area contributed by atoms with Crippen LogP contribution in [0.1, 0.15) is 62.3 Å². The van der Waals surface area contributed by atoms with Crippen LogP contribution in [0.2, 0.25) is 0 Å². The predicted molar refractivity (Wildman–Crippen MR) is 120 cm³/mol. The quantitative estimate of drug-likeness (QED) is 0.660. The van der Waals surface area contributed by atoms with Gasteiger partial charge in [0.2, 0.25) is 0 Å². The van der Waals surface area contributed by atoms with E-state index in [-0.39, 0.29) is 29.9 Å². The van der Waals surface area contributed by atoms with Gasteiger partial charge in [-0.05, 0) is 51.8 Å². The summed E-state index contributed by atoms with van der Waals surface area (Å²) in [5.74, 6) is 0.235. The molecule has 2 amide bonds. The topological polar surface area (TPSA) is 98.1 Å². The van der Waals surface area contributed by atoms with Crippen molar-refractivity contribution in [2.75, 3.05) is 17.2 Å². The molecule has 3 aromatic rings. The number of pyridine rings is 1. The third kappa shape index (κ3) is 3.85. The molecule has 3 heterocycles. The third-order valence-corrected chi connectivity index (χ3v) is 5.18. The molecule has 0 unspecified atom stereocenters. The number of carbonyl (C=O) groups is 2. The van der Waals surface area contributed by atoms with Gasteiger partial charge in [-0.2, -0.15) is 5.10 Å². The van der Waals surface area contributed by atoms with Crippen molar-refractivity contribution in [2.45, 2.75) is 53.0 Å². The Morgan fingerprint density at radius 1 is 1.26 bits per heavy atom. The second-order valence-corrected chi connectivity index (χ2v) is 9.12. The number of aromatic nitrogens is 3. The van der Waals surface area contributed by atoms with Crippen LogP contribution in [0.5, 0.6) is 5.75 Å². The number of nitrogens with zero attached hydrogens (tertiary/aromatic N) is 3. The summed E-state index contributed by atoms with van der Waals surface area (Å²) in [5, 5.41) is 11.1. The van der Waals surface area contributed by atoms with Crippen molar-refractivity contribution in [1.29, 1.82) is 0 Å². The number of benzene rings is 1. The number of hydrogen-bond donors (Lipinski definition) is 2. The Labute approximate surface area is 181 Å². The Bertz CT molecular complexity index is 1200. The highest BCUT2D eigenvalue weighted by Gasteiger charge is 2.25. The lowest BCUT2D eigenvalue weighted by Crippen LogP contribution is -2.25. The summed E-state index contributed by atoms with van der Waals surface area (Å²) in [4.78, 5) is 29.7. The highest BCUT2D eigenvalue weighted by Crippen LogP contribution is 2.32. The van der Waals surface area contributed by atoms with Crippen LogP contribution < -0.4 is 15.4 Å². The van der Waals surface area contributed by atoms with E-state index in [4.69, 9.17) is 14.8 Å². The standard InChI is InChI=1S/C23H27N5O3/c1-12(2)17-10-15(20-13(3)27-28(21(20)26-17)23(4,5)6)22(30)24-14-7-8-16-18(9-14)31-11-19(29)25-16/h7-10,12H,11H2,1-6H3,(H,24,30)(H,25,29). The van der Waals surface area contributed by atoms with Gasteiger partial charge in [0.15, 0.2) is 12.3 Å². The fourth-order valence-corrected chi connectivity index (χ4v) is 3.60. The highest BCUT2D eigenvalue weighted by molar-refractivity contribution is 6.13. The van der Waals surface area contributed by atoms with Crippen LogP contribution in [-0.4, -0.2) is 33.2 Å². The lowest BCUT2D eigenvalue weighted by molar-refractivity contribution is -0.118. The zero-order valence-electron chi connectivity index (χ0n) is 18.7. The van der Waals surface area contributed by atoms with E-state index in [0.717, 1.165) is 16.8 Å². The van der Waals surface area contributed by atoms with Gasteiger partial charge in [-0.1, -0.05) is 13.8 Å². The van der Waals surface area contributed by atoms with Gasteiger partial charge in [-0.3, -0.25) is 9.59 Å². The zero-order chi connectivity index (χ0) is 22.5. The molecule has 1 aliphatic rings. The van der Waals surface area contributed by atoms with E-state index in [1.165, 1.54) is 0 Å². The number of rotatable bonds is 3. The molecule has 31 heavy (non-hydrogen) atoms. The molecule has 4 rings (SSSR count). The Kier molecular flexibility index (Phi) is 4.95. The van der Waals surface area contributed by atoms with E-state index >= 15 is 0 Å². The first kappa shape index (κ1) is 20.8. The minimum absolute atomic E-state index is 0.0433. The molecule has 0 saturated carbocycles. The molecule has 0 atom stereocenters. The summed E-state index contributed by atoms with van der Waals surface area (Å²) in [6.45, 7) is 12.1. The molecular weight excluding hydrogens is 394 g/mol. The van der Waals surface area contributed by atoms with Crippen LogP contribution in [0.25, 0.3) is 11.0 Å². The van der Waals surface area contributed by atoms with E-state index in [9.17, 15) is 9.59 Å². The molecule has 1 aliphatic heterocycles. The van der Waals surface area contributed by atoms with Crippen molar-refractivity contribution >= 4 is 34.2 Å². The summed E-state index contributed by atoms with van der Waals surface area (Å²) in [6, 6.07) is 7.00. The predicted octanol–water partition coefficient (Wildman–Crippen LogP) is 4.20. The number of carbonyl (C=O) groups excluding carboxylic acids is 2.